The molecule has 4 heterocycles. The number of H-pyrrole nitrogens is 1. The Morgan fingerprint density at radius 3 is 2.46 bits per heavy atom. The fraction of sp³-hybridized carbons (Fsp3) is 0.294. The Morgan fingerprint density at radius 1 is 1.06 bits per heavy atom. The number of hydrogen-bond acceptors (Lipinski definition) is 9. The quantitative estimate of drug-likeness (QED) is 0.191. The van der Waals surface area contributed by atoms with E-state index in [9.17, 15) is 19.5 Å². The van der Waals surface area contributed by atoms with Crippen molar-refractivity contribution in [3.63, 3.8) is 0 Å². The number of benzene rings is 2. The Balaban J connectivity index is 1.42. The lowest BCUT2D eigenvalue weighted by atomic mass is 9.66. The minimum absolute atomic E-state index is 0.00693. The summed E-state index contributed by atoms with van der Waals surface area (Å²) >= 11 is 13.1. The van der Waals surface area contributed by atoms with Gasteiger partial charge in [0.15, 0.2) is 5.75 Å². The van der Waals surface area contributed by atoms with Crippen molar-refractivity contribution in [3.05, 3.63) is 90.5 Å². The first kappa shape index (κ1) is 31.6. The first-order chi connectivity index (χ1) is 22.8. The number of allylic oxidation sites excluding steroid dienone is 1. The number of nitrogens with one attached hydrogen (secondary N) is 2. The molecular weight excluding hydrogens is 665 g/mol. The number of hydrogen-bond donors (Lipinski definition) is 3. The molecule has 12 nitrogen and oxygen atoms in total. The third-order valence-corrected chi connectivity index (χ3v) is 9.93. The second-order valence-electron chi connectivity index (χ2n) is 12.2. The van der Waals surface area contributed by atoms with E-state index in [-0.39, 0.29) is 73.5 Å². The number of methoxy groups -OCH3 is 2. The summed E-state index contributed by atoms with van der Waals surface area (Å²) in [5.41, 5.74) is -1.38. The number of aromatic amines is 1. The topological polar surface area (TPSA) is 162 Å². The van der Waals surface area contributed by atoms with Crippen LogP contribution in [0.2, 0.25) is 10.0 Å². The monoisotopic (exact) mass is 693 g/mol. The number of furan rings is 1. The fourth-order valence-corrected chi connectivity index (χ4v) is 7.41. The number of carbonyl (C=O) groups is 3. The molecule has 0 amide bonds. The molecule has 0 fully saturated rings. The van der Waals surface area contributed by atoms with Gasteiger partial charge in [-0.3, -0.25) is 24.2 Å². The zero-order valence-electron chi connectivity index (χ0n) is 26.3. The predicted octanol–water partition coefficient (Wildman–Crippen LogP) is 6.47. The van der Waals surface area contributed by atoms with Crippen molar-refractivity contribution in [2.75, 3.05) is 19.5 Å². The molecule has 48 heavy (non-hydrogen) atoms. The molecule has 0 bridgehead atoms. The Morgan fingerprint density at radius 2 is 1.79 bits per heavy atom. The van der Waals surface area contributed by atoms with Crippen LogP contribution in [0.1, 0.15) is 71.2 Å². The number of carboxylic acids is 1. The van der Waals surface area contributed by atoms with Crippen LogP contribution in [0.5, 0.6) is 17.2 Å². The summed E-state index contributed by atoms with van der Waals surface area (Å²) < 4.78 is 25.2. The molecule has 0 saturated carbocycles. The zero-order valence-corrected chi connectivity index (χ0v) is 27.8. The molecular formula is C34H29Cl2N3O9. The maximum absolute atomic E-state index is 15.0. The highest BCUT2D eigenvalue weighted by molar-refractivity contribution is 6.36. The first-order valence-electron chi connectivity index (χ1n) is 15.0. The first-order valence-corrected chi connectivity index (χ1v) is 15.8. The van der Waals surface area contributed by atoms with Crippen LogP contribution in [0.3, 0.4) is 0 Å². The Labute approximate surface area is 283 Å². The summed E-state index contributed by atoms with van der Waals surface area (Å²) in [7, 11) is 2.79. The van der Waals surface area contributed by atoms with Crippen LogP contribution in [-0.4, -0.2) is 52.2 Å². The molecule has 14 heteroatoms. The van der Waals surface area contributed by atoms with Crippen LogP contribution in [-0.2, 0) is 4.79 Å². The molecule has 2 aromatic carbocycles. The molecule has 3 atom stereocenters. The van der Waals surface area contributed by atoms with Gasteiger partial charge in [0.05, 0.1) is 36.3 Å². The molecule has 248 valence electrons. The van der Waals surface area contributed by atoms with E-state index in [1.165, 1.54) is 38.5 Å². The zero-order chi connectivity index (χ0) is 34.4. The van der Waals surface area contributed by atoms with Crippen LogP contribution >= 0.6 is 23.2 Å². The molecule has 3 aliphatic rings. The minimum Gasteiger partial charge on any atom is -0.496 e. The largest absolute Gasteiger partial charge is 0.496 e. The summed E-state index contributed by atoms with van der Waals surface area (Å²) in [5, 5.41) is 16.0. The van der Waals surface area contributed by atoms with E-state index in [4.69, 9.17) is 41.8 Å². The average molecular weight is 695 g/mol. The molecule has 0 saturated heterocycles. The van der Waals surface area contributed by atoms with Crippen molar-refractivity contribution in [2.45, 2.75) is 44.8 Å². The number of aromatic carboxylic acids is 1. The maximum atomic E-state index is 15.0. The Bertz CT molecular complexity index is 2180. The maximum Gasteiger partial charge on any atom is 0.335 e. The van der Waals surface area contributed by atoms with Crippen LogP contribution in [0.4, 0.5) is 5.82 Å². The number of rotatable bonds is 6. The number of halogens is 2. The second-order valence-corrected chi connectivity index (χ2v) is 13.0. The summed E-state index contributed by atoms with van der Waals surface area (Å²) in [4.78, 5) is 54.9. The summed E-state index contributed by atoms with van der Waals surface area (Å²) in [6, 6.07) is 8.69. The van der Waals surface area contributed by atoms with Gasteiger partial charge in [0.2, 0.25) is 17.2 Å². The molecule has 3 unspecified atom stereocenters. The lowest BCUT2D eigenvalue weighted by Gasteiger charge is -2.41. The number of nitrogens with zero attached hydrogens (tertiary/aromatic N) is 1. The van der Waals surface area contributed by atoms with Crippen molar-refractivity contribution in [1.29, 1.82) is 0 Å². The molecule has 1 spiro atoms. The Kier molecular flexibility index (Phi) is 7.29. The molecule has 4 aromatic rings. The minimum atomic E-state index is -2.04. The number of carbonyl (C=O) groups excluding carboxylic acids is 2. The van der Waals surface area contributed by atoms with E-state index in [0.717, 1.165) is 0 Å². The van der Waals surface area contributed by atoms with Gasteiger partial charge >= 0.3 is 5.97 Å². The number of ether oxygens (including phenoxy) is 3. The van der Waals surface area contributed by atoms with Gasteiger partial charge in [-0.1, -0.05) is 30.1 Å². The molecule has 3 N–H and O–H groups in total. The highest BCUT2D eigenvalue weighted by atomic mass is 35.5. The normalized spacial score (nSPS) is 21.2. The SMILES string of the molecule is COc1cc(OC)c2c(c1Cl)OC1(C(=O)C3=C(CC1C)Nc1c(c(=O)[nH]n1C(C)C)C3c1ccc(-c3cc(C(=O)O)ccc3Cl)o1)C2=O. The standard InChI is InChI=1S/C34H29Cl2N3O9/c1-13(2)39-31-26(32(42)38-39)24(20-9-8-19(47-20)16-11-15(33(43)44)6-7-17(16)35)23-18(37-31)10-14(3)34(29(23)40)30(41)25-21(45-4)12-22(46-5)27(36)28(25)48-34/h6-9,11-14,24,37H,10H2,1-5H3,(H,38,42)(H,43,44). The van der Waals surface area contributed by atoms with Crippen LogP contribution < -0.4 is 25.1 Å². The average Bonchev–Trinajstić information content (AvgIpc) is 3.75. The number of fused-ring (bicyclic) bond motifs is 2. The van der Waals surface area contributed by atoms with Gasteiger partial charge in [-0.25, -0.2) is 4.79 Å². The van der Waals surface area contributed by atoms with Crippen molar-refractivity contribution < 1.29 is 38.1 Å². The van der Waals surface area contributed by atoms with E-state index in [1.807, 2.05) is 13.8 Å². The van der Waals surface area contributed by atoms with Gasteiger partial charge < -0.3 is 29.1 Å². The molecule has 2 aromatic heterocycles. The number of aromatic nitrogens is 2. The molecule has 0 radical (unpaired) electrons. The van der Waals surface area contributed by atoms with Crippen LogP contribution in [0.15, 0.2) is 56.9 Å². The van der Waals surface area contributed by atoms with Gasteiger partial charge in [0.1, 0.15) is 39.4 Å². The number of carboxylic acid groups (broad SMARTS) is 1. The van der Waals surface area contributed by atoms with Crippen molar-refractivity contribution >= 4 is 46.6 Å². The summed E-state index contributed by atoms with van der Waals surface area (Å²) in [5.74, 6) is -3.04. The number of Topliss-reactive ketones (excluding diaryl/α,β-unsaturated/α-hetero) is 2. The lowest BCUT2D eigenvalue weighted by Crippen LogP contribution is -2.58. The van der Waals surface area contributed by atoms with Gasteiger partial charge in [-0.05, 0) is 50.6 Å². The molecule has 1 aliphatic carbocycles. The van der Waals surface area contributed by atoms with E-state index in [0.29, 0.717) is 17.1 Å². The van der Waals surface area contributed by atoms with Gasteiger partial charge in [-0.15, -0.1) is 0 Å². The van der Waals surface area contributed by atoms with Gasteiger partial charge in [0.25, 0.3) is 5.56 Å². The summed E-state index contributed by atoms with van der Waals surface area (Å²) in [6.07, 6.45) is 0.186. The predicted molar refractivity (Wildman–Crippen MR) is 175 cm³/mol. The number of ketones is 2. The highest BCUT2D eigenvalue weighted by Crippen LogP contribution is 2.56. The van der Waals surface area contributed by atoms with E-state index in [1.54, 1.807) is 23.7 Å². The molecule has 7 rings (SSSR count). The fourth-order valence-electron chi connectivity index (χ4n) is 6.94. The van der Waals surface area contributed by atoms with Gasteiger partial charge in [0, 0.05) is 34.9 Å². The highest BCUT2D eigenvalue weighted by Gasteiger charge is 2.64. The summed E-state index contributed by atoms with van der Waals surface area (Å²) in [6.45, 7) is 5.54. The van der Waals surface area contributed by atoms with E-state index >= 15 is 4.79 Å². The third-order valence-electron chi connectivity index (χ3n) is 9.25. The number of anilines is 1. The third kappa shape index (κ3) is 4.28. The molecule has 2 aliphatic heterocycles. The Hall–Kier alpha value is -4.94. The van der Waals surface area contributed by atoms with Gasteiger partial charge in [-0.2, -0.15) is 0 Å². The smallest absolute Gasteiger partial charge is 0.335 e. The van der Waals surface area contributed by atoms with E-state index < -0.39 is 40.5 Å². The van der Waals surface area contributed by atoms with Crippen LogP contribution in [0.25, 0.3) is 11.3 Å². The van der Waals surface area contributed by atoms with Crippen molar-refractivity contribution in [1.82, 2.24) is 9.78 Å². The lowest BCUT2D eigenvalue weighted by molar-refractivity contribution is -0.130. The van der Waals surface area contributed by atoms with E-state index in [2.05, 4.69) is 10.4 Å². The van der Waals surface area contributed by atoms with Crippen LogP contribution in [0, 0.1) is 5.92 Å². The van der Waals surface area contributed by atoms with Crippen molar-refractivity contribution in [3.8, 4) is 28.6 Å². The second kappa shape index (κ2) is 11.1. The van der Waals surface area contributed by atoms with Crippen molar-refractivity contribution in [2.24, 2.45) is 5.92 Å².